The lowest BCUT2D eigenvalue weighted by atomic mass is 9.86. The monoisotopic (exact) mass is 136 g/mol. The summed E-state index contributed by atoms with van der Waals surface area (Å²) in [6.07, 6.45) is 13.7. The summed E-state index contributed by atoms with van der Waals surface area (Å²) in [5, 5.41) is 0. The van der Waals surface area contributed by atoms with Crippen molar-refractivity contribution in [1.29, 1.82) is 0 Å². The molecule has 0 heterocycles. The molecule has 0 heteroatoms. The number of allylic oxidation sites excluding steroid dienone is 2. The Morgan fingerprint density at radius 3 is 3.00 bits per heavy atom. The summed E-state index contributed by atoms with van der Waals surface area (Å²) in [6.45, 7) is 0. The summed E-state index contributed by atoms with van der Waals surface area (Å²) >= 11 is 0. The van der Waals surface area contributed by atoms with Crippen molar-refractivity contribution >= 4 is 0 Å². The zero-order valence-corrected chi connectivity index (χ0v) is 6.55. The van der Waals surface area contributed by atoms with Gasteiger partial charge in [0, 0.05) is 0 Å². The van der Waals surface area contributed by atoms with E-state index in [0.29, 0.717) is 0 Å². The largest absolute Gasteiger partial charge is 0.0880 e. The van der Waals surface area contributed by atoms with E-state index < -0.39 is 0 Å². The second kappa shape index (κ2) is 2.77. The van der Waals surface area contributed by atoms with Crippen molar-refractivity contribution < 1.29 is 0 Å². The van der Waals surface area contributed by atoms with Crippen LogP contribution >= 0.6 is 0 Å². The first kappa shape index (κ1) is 6.45. The molecule has 0 amide bonds. The van der Waals surface area contributed by atoms with Crippen LogP contribution in [0.25, 0.3) is 0 Å². The Labute approximate surface area is 63.3 Å². The predicted molar refractivity (Wildman–Crippen MR) is 43.8 cm³/mol. The van der Waals surface area contributed by atoms with Crippen LogP contribution in [-0.2, 0) is 0 Å². The fraction of sp³-hybridized carbons (Fsp3) is 0.800. The molecule has 1 saturated carbocycles. The Kier molecular flexibility index (Phi) is 1.79. The summed E-state index contributed by atoms with van der Waals surface area (Å²) in [5.41, 5.74) is 0. The minimum Gasteiger partial charge on any atom is -0.0880 e. The van der Waals surface area contributed by atoms with Gasteiger partial charge < -0.3 is 0 Å². The second-order valence-corrected chi connectivity index (χ2v) is 3.81. The molecule has 0 aromatic carbocycles. The van der Waals surface area contributed by atoms with Gasteiger partial charge in [-0.25, -0.2) is 0 Å². The van der Waals surface area contributed by atoms with Crippen LogP contribution in [0.3, 0.4) is 0 Å². The zero-order valence-electron chi connectivity index (χ0n) is 6.55. The Morgan fingerprint density at radius 2 is 2.00 bits per heavy atom. The van der Waals surface area contributed by atoms with Gasteiger partial charge in [-0.05, 0) is 31.1 Å². The van der Waals surface area contributed by atoms with Crippen molar-refractivity contribution in [3.05, 3.63) is 12.2 Å². The third-order valence-corrected chi connectivity index (χ3v) is 2.95. The Morgan fingerprint density at radius 1 is 1.10 bits per heavy atom. The quantitative estimate of drug-likeness (QED) is 0.449. The van der Waals surface area contributed by atoms with Gasteiger partial charge in [-0.2, -0.15) is 0 Å². The van der Waals surface area contributed by atoms with Crippen LogP contribution in [-0.4, -0.2) is 0 Å². The molecule has 0 aromatic rings. The molecule has 2 aliphatic rings. The second-order valence-electron chi connectivity index (χ2n) is 3.81. The standard InChI is InChI=1S/C10H16/c1-2-5-10-7-3-6-9(4-1)8-10/h3,6,9-10H,1-2,4-5,7-8H2/t9-,10+/m0/s1. The normalized spacial score (nSPS) is 39.2. The zero-order chi connectivity index (χ0) is 6.81. The van der Waals surface area contributed by atoms with E-state index in [1.165, 1.54) is 38.5 Å². The number of rotatable bonds is 0. The summed E-state index contributed by atoms with van der Waals surface area (Å²) in [4.78, 5) is 0. The predicted octanol–water partition coefficient (Wildman–Crippen LogP) is 3.14. The fourth-order valence-electron chi connectivity index (χ4n) is 2.36. The molecule has 10 heavy (non-hydrogen) atoms. The Hall–Kier alpha value is -0.260. The molecule has 0 aromatic heterocycles. The van der Waals surface area contributed by atoms with Gasteiger partial charge in [0.25, 0.3) is 0 Å². The molecule has 0 N–H and O–H groups in total. The van der Waals surface area contributed by atoms with Gasteiger partial charge in [-0.15, -0.1) is 0 Å². The molecule has 0 saturated heterocycles. The first-order valence-electron chi connectivity index (χ1n) is 4.62. The van der Waals surface area contributed by atoms with Crippen molar-refractivity contribution in [3.63, 3.8) is 0 Å². The summed E-state index contributed by atoms with van der Waals surface area (Å²) in [5.74, 6) is 2.01. The van der Waals surface area contributed by atoms with Crippen LogP contribution in [0, 0.1) is 11.8 Å². The van der Waals surface area contributed by atoms with Crippen LogP contribution in [0.4, 0.5) is 0 Å². The topological polar surface area (TPSA) is 0 Å². The van der Waals surface area contributed by atoms with E-state index >= 15 is 0 Å². The van der Waals surface area contributed by atoms with Crippen LogP contribution in [0.1, 0.15) is 38.5 Å². The molecule has 0 nitrogen and oxygen atoms in total. The number of fused-ring (bicyclic) bond motifs is 2. The minimum absolute atomic E-state index is 0.959. The molecular formula is C10H16. The maximum absolute atomic E-state index is 2.45. The van der Waals surface area contributed by atoms with E-state index in [9.17, 15) is 0 Å². The van der Waals surface area contributed by atoms with Gasteiger partial charge in [0.2, 0.25) is 0 Å². The molecular weight excluding hydrogens is 120 g/mol. The number of hydrogen-bond donors (Lipinski definition) is 0. The first-order chi connectivity index (χ1) is 4.95. The van der Waals surface area contributed by atoms with E-state index in [1.54, 1.807) is 0 Å². The van der Waals surface area contributed by atoms with E-state index in [-0.39, 0.29) is 0 Å². The van der Waals surface area contributed by atoms with Gasteiger partial charge in [-0.1, -0.05) is 31.4 Å². The lowest BCUT2D eigenvalue weighted by Gasteiger charge is -2.20. The van der Waals surface area contributed by atoms with Crippen molar-refractivity contribution in [3.8, 4) is 0 Å². The Balaban J connectivity index is 2.06. The molecule has 0 spiro atoms. The van der Waals surface area contributed by atoms with Gasteiger partial charge in [-0.3, -0.25) is 0 Å². The van der Waals surface area contributed by atoms with Crippen LogP contribution < -0.4 is 0 Å². The molecule has 0 unspecified atom stereocenters. The molecule has 2 atom stereocenters. The summed E-state index contributed by atoms with van der Waals surface area (Å²) in [7, 11) is 0. The molecule has 1 fully saturated rings. The van der Waals surface area contributed by atoms with E-state index in [2.05, 4.69) is 12.2 Å². The van der Waals surface area contributed by atoms with E-state index in [1.807, 2.05) is 0 Å². The molecule has 2 aliphatic carbocycles. The lowest BCUT2D eigenvalue weighted by Crippen LogP contribution is -2.07. The van der Waals surface area contributed by atoms with E-state index in [4.69, 9.17) is 0 Å². The molecule has 2 rings (SSSR count). The molecule has 2 bridgehead atoms. The molecule has 0 radical (unpaired) electrons. The maximum atomic E-state index is 2.45. The minimum atomic E-state index is 0.959. The molecule has 56 valence electrons. The maximum Gasteiger partial charge on any atom is -0.0231 e. The van der Waals surface area contributed by atoms with Gasteiger partial charge in [0.05, 0.1) is 0 Å². The molecule has 0 aliphatic heterocycles. The first-order valence-corrected chi connectivity index (χ1v) is 4.62. The smallest absolute Gasteiger partial charge is 0.0231 e. The van der Waals surface area contributed by atoms with Crippen LogP contribution in [0.2, 0.25) is 0 Å². The highest BCUT2D eigenvalue weighted by Crippen LogP contribution is 2.33. The fourth-order valence-corrected chi connectivity index (χ4v) is 2.36. The summed E-state index contributed by atoms with van der Waals surface area (Å²) < 4.78 is 0. The highest BCUT2D eigenvalue weighted by atomic mass is 14.3. The van der Waals surface area contributed by atoms with Crippen molar-refractivity contribution in [1.82, 2.24) is 0 Å². The van der Waals surface area contributed by atoms with Gasteiger partial charge >= 0.3 is 0 Å². The Bertz CT molecular complexity index is 135. The average molecular weight is 136 g/mol. The number of hydrogen-bond acceptors (Lipinski definition) is 0. The highest BCUT2D eigenvalue weighted by molar-refractivity contribution is 4.97. The SMILES string of the molecule is C1=C[C@@H]2CCCC[C@H](C1)C2. The third kappa shape index (κ3) is 1.25. The van der Waals surface area contributed by atoms with Crippen LogP contribution in [0.5, 0.6) is 0 Å². The summed E-state index contributed by atoms with van der Waals surface area (Å²) in [6, 6.07) is 0. The van der Waals surface area contributed by atoms with E-state index in [0.717, 1.165) is 11.8 Å². The van der Waals surface area contributed by atoms with Crippen molar-refractivity contribution in [2.45, 2.75) is 38.5 Å². The third-order valence-electron chi connectivity index (χ3n) is 2.95. The average Bonchev–Trinajstić information content (AvgIpc) is 2.12. The van der Waals surface area contributed by atoms with Gasteiger partial charge in [0.1, 0.15) is 0 Å². The van der Waals surface area contributed by atoms with Crippen LogP contribution in [0.15, 0.2) is 12.2 Å². The lowest BCUT2D eigenvalue weighted by molar-refractivity contribution is 0.404. The van der Waals surface area contributed by atoms with Crippen molar-refractivity contribution in [2.24, 2.45) is 11.8 Å². The van der Waals surface area contributed by atoms with Gasteiger partial charge in [0.15, 0.2) is 0 Å². The highest BCUT2D eigenvalue weighted by Gasteiger charge is 2.20. The van der Waals surface area contributed by atoms with Crippen molar-refractivity contribution in [2.75, 3.05) is 0 Å².